The van der Waals surface area contributed by atoms with Crippen LogP contribution < -0.4 is 5.43 Å². The second-order valence-corrected chi connectivity index (χ2v) is 6.42. The molecule has 1 N–H and O–H groups in total. The predicted molar refractivity (Wildman–Crippen MR) is 115 cm³/mol. The highest BCUT2D eigenvalue weighted by molar-refractivity contribution is 5.84. The summed E-state index contributed by atoms with van der Waals surface area (Å²) in [5.41, 5.74) is -2.45. The van der Waals surface area contributed by atoms with Crippen LogP contribution in [0.2, 0.25) is 0 Å². The first-order valence-corrected chi connectivity index (χ1v) is 8.93. The number of hydrazone groups is 1. The summed E-state index contributed by atoms with van der Waals surface area (Å²) in [6, 6.07) is 6.20. The number of non-ortho nitro benzene ring substituents is 2. The third kappa shape index (κ3) is 5.00. The lowest BCUT2D eigenvalue weighted by Gasteiger charge is -2.02. The molecule has 178 valence electrons. The topological polar surface area (TPSA) is 253 Å². The van der Waals surface area contributed by atoms with Crippen LogP contribution in [0.4, 0.5) is 34.1 Å². The van der Waals surface area contributed by atoms with E-state index in [4.69, 9.17) is 4.42 Å². The Morgan fingerprint density at radius 3 is 1.74 bits per heavy atom. The van der Waals surface area contributed by atoms with Gasteiger partial charge in [0.05, 0.1) is 49.0 Å². The molecule has 0 bridgehead atoms. The van der Waals surface area contributed by atoms with Crippen molar-refractivity contribution in [1.82, 2.24) is 0 Å². The van der Waals surface area contributed by atoms with Gasteiger partial charge in [0.15, 0.2) is 5.56 Å². The van der Waals surface area contributed by atoms with E-state index >= 15 is 0 Å². The Hall–Kier alpha value is -5.81. The number of hydrogen-bond donors (Lipinski definition) is 1. The normalized spacial score (nSPS) is 10.7. The van der Waals surface area contributed by atoms with Gasteiger partial charge in [0, 0.05) is 6.07 Å². The summed E-state index contributed by atoms with van der Waals surface area (Å²) in [6.45, 7) is 0. The molecule has 18 nitrogen and oxygen atoms in total. The summed E-state index contributed by atoms with van der Waals surface area (Å²) in [4.78, 5) is 51.0. The molecule has 0 saturated heterocycles. The average molecular weight is 487 g/mol. The van der Waals surface area contributed by atoms with E-state index < -0.39 is 58.6 Å². The van der Waals surface area contributed by atoms with Gasteiger partial charge in [-0.1, -0.05) is 0 Å². The molecule has 0 fully saturated rings. The Morgan fingerprint density at radius 2 is 1.23 bits per heavy atom. The van der Waals surface area contributed by atoms with Crippen LogP contribution in [0.25, 0.3) is 11.3 Å². The van der Waals surface area contributed by atoms with Gasteiger partial charge in [0.25, 0.3) is 22.7 Å². The van der Waals surface area contributed by atoms with Crippen molar-refractivity contribution < 1.29 is 29.0 Å². The van der Waals surface area contributed by atoms with E-state index in [1.54, 1.807) is 0 Å². The van der Waals surface area contributed by atoms with Gasteiger partial charge in [-0.3, -0.25) is 56.0 Å². The molecule has 18 heteroatoms. The largest absolute Gasteiger partial charge is 0.455 e. The number of rotatable bonds is 9. The summed E-state index contributed by atoms with van der Waals surface area (Å²) in [6.07, 6.45) is 0.970. The van der Waals surface area contributed by atoms with Crippen LogP contribution in [0, 0.1) is 50.6 Å². The van der Waals surface area contributed by atoms with E-state index in [1.807, 2.05) is 0 Å². The smallest absolute Gasteiger partial charge is 0.301 e. The zero-order chi connectivity index (χ0) is 25.9. The number of benzene rings is 2. The molecular weight excluding hydrogens is 478 g/mol. The van der Waals surface area contributed by atoms with Crippen LogP contribution in [0.15, 0.2) is 52.0 Å². The van der Waals surface area contributed by atoms with E-state index in [0.29, 0.717) is 12.1 Å². The quantitative estimate of drug-likeness (QED) is 0.256. The first-order chi connectivity index (χ1) is 16.5. The second kappa shape index (κ2) is 9.36. The summed E-state index contributed by atoms with van der Waals surface area (Å²) >= 11 is 0. The third-order valence-electron chi connectivity index (χ3n) is 4.32. The lowest BCUT2D eigenvalue weighted by molar-refractivity contribution is -0.402. The number of furan rings is 1. The first-order valence-electron chi connectivity index (χ1n) is 8.93. The molecule has 3 rings (SSSR count). The zero-order valence-corrected chi connectivity index (χ0v) is 16.8. The van der Waals surface area contributed by atoms with Crippen LogP contribution in [0.5, 0.6) is 0 Å². The van der Waals surface area contributed by atoms with E-state index in [2.05, 4.69) is 10.5 Å². The molecule has 1 heterocycles. The maximum absolute atomic E-state index is 11.4. The molecule has 0 spiro atoms. The zero-order valence-electron chi connectivity index (χ0n) is 16.8. The molecule has 0 amide bonds. The van der Waals surface area contributed by atoms with Crippen molar-refractivity contribution in [2.75, 3.05) is 5.43 Å². The number of anilines is 1. The Bertz CT molecular complexity index is 1390. The van der Waals surface area contributed by atoms with Crippen molar-refractivity contribution in [2.45, 2.75) is 0 Å². The molecule has 2 aromatic carbocycles. The molecule has 1 aromatic heterocycles. The number of nitro groups is 5. The molecule has 3 aromatic rings. The van der Waals surface area contributed by atoms with Crippen molar-refractivity contribution in [3.8, 4) is 11.3 Å². The van der Waals surface area contributed by atoms with Crippen LogP contribution in [0.3, 0.4) is 0 Å². The third-order valence-corrected chi connectivity index (χ3v) is 4.32. The fraction of sp³-hybridized carbons (Fsp3) is 0. The van der Waals surface area contributed by atoms with Crippen molar-refractivity contribution >= 4 is 40.3 Å². The van der Waals surface area contributed by atoms with Crippen molar-refractivity contribution in [3.05, 3.63) is 98.8 Å². The van der Waals surface area contributed by atoms with Crippen LogP contribution >= 0.6 is 0 Å². The van der Waals surface area contributed by atoms with Gasteiger partial charge in [-0.2, -0.15) is 5.10 Å². The predicted octanol–water partition coefficient (Wildman–Crippen LogP) is 3.93. The van der Waals surface area contributed by atoms with E-state index in [0.717, 1.165) is 30.5 Å². The molecule has 0 aliphatic carbocycles. The highest BCUT2D eigenvalue weighted by Gasteiger charge is 2.33. The molecule has 35 heavy (non-hydrogen) atoms. The average Bonchev–Trinajstić information content (AvgIpc) is 3.26. The monoisotopic (exact) mass is 487 g/mol. The molecule has 0 saturated carbocycles. The highest BCUT2D eigenvalue weighted by Crippen LogP contribution is 2.41. The molecular formula is C17H9N7O11. The van der Waals surface area contributed by atoms with Gasteiger partial charge in [0.1, 0.15) is 17.2 Å². The van der Waals surface area contributed by atoms with Gasteiger partial charge in [-0.05, 0) is 18.2 Å². The standard InChI is InChI=1S/C17H9N7O11/c25-20(26)9-1-3-12(13(5-9)22(29)30)19-18-8-11-2-4-16(35-11)17-14(23(31)32)6-10(21(27)28)7-15(17)24(33)34/h1-8,19H. The van der Waals surface area contributed by atoms with E-state index in [1.165, 1.54) is 6.07 Å². The molecule has 0 aliphatic rings. The summed E-state index contributed by atoms with van der Waals surface area (Å²) in [5.74, 6) is -0.486. The van der Waals surface area contributed by atoms with E-state index in [9.17, 15) is 50.6 Å². The van der Waals surface area contributed by atoms with Crippen LogP contribution in [-0.4, -0.2) is 30.8 Å². The lowest BCUT2D eigenvalue weighted by Crippen LogP contribution is -2.00. The van der Waals surface area contributed by atoms with Gasteiger partial charge >= 0.3 is 5.69 Å². The van der Waals surface area contributed by atoms with Gasteiger partial charge in [0.2, 0.25) is 0 Å². The summed E-state index contributed by atoms with van der Waals surface area (Å²) in [5, 5.41) is 59.5. The Kier molecular flexibility index (Phi) is 6.38. The molecule has 0 aliphatic heterocycles. The minimum Gasteiger partial charge on any atom is -0.455 e. The maximum Gasteiger partial charge on any atom is 0.301 e. The van der Waals surface area contributed by atoms with Gasteiger partial charge < -0.3 is 4.42 Å². The fourth-order valence-corrected chi connectivity index (χ4v) is 2.84. The van der Waals surface area contributed by atoms with Gasteiger partial charge in [-0.25, -0.2) is 0 Å². The number of nitro benzene ring substituents is 5. The first kappa shape index (κ1) is 23.8. The minimum atomic E-state index is -1.04. The fourth-order valence-electron chi connectivity index (χ4n) is 2.84. The van der Waals surface area contributed by atoms with Crippen LogP contribution in [-0.2, 0) is 0 Å². The molecule has 0 radical (unpaired) electrons. The Morgan fingerprint density at radius 1 is 0.686 bits per heavy atom. The highest BCUT2D eigenvalue weighted by atomic mass is 16.6. The number of nitrogens with zero attached hydrogens (tertiary/aromatic N) is 6. The minimum absolute atomic E-state index is 0.112. The maximum atomic E-state index is 11.4. The summed E-state index contributed by atoms with van der Waals surface area (Å²) < 4.78 is 5.33. The Balaban J connectivity index is 1.96. The SMILES string of the molecule is O=[N+]([O-])c1ccc(NN=Cc2ccc(-c3c([N+](=O)[O-])cc([N+](=O)[O-])cc3[N+](=O)[O-])o2)c([N+](=O)[O-])c1. The van der Waals surface area contributed by atoms with Crippen molar-refractivity contribution in [3.63, 3.8) is 0 Å². The summed E-state index contributed by atoms with van der Waals surface area (Å²) in [7, 11) is 0. The lowest BCUT2D eigenvalue weighted by atomic mass is 10.1. The number of hydrogen-bond acceptors (Lipinski definition) is 13. The second-order valence-electron chi connectivity index (χ2n) is 6.42. The van der Waals surface area contributed by atoms with E-state index in [-0.39, 0.29) is 17.2 Å². The van der Waals surface area contributed by atoms with Gasteiger partial charge in [-0.15, -0.1) is 0 Å². The van der Waals surface area contributed by atoms with Crippen molar-refractivity contribution in [2.24, 2.45) is 5.10 Å². The molecule has 0 unspecified atom stereocenters. The van der Waals surface area contributed by atoms with Crippen molar-refractivity contribution in [1.29, 1.82) is 0 Å². The molecule has 0 atom stereocenters. The number of nitrogens with one attached hydrogen (secondary N) is 1. The Labute approximate surface area is 190 Å². The van der Waals surface area contributed by atoms with Crippen LogP contribution in [0.1, 0.15) is 5.76 Å².